The number of hydrogen-bond donors (Lipinski definition) is 1. The highest BCUT2D eigenvalue weighted by Gasteiger charge is 2.26. The van der Waals surface area contributed by atoms with Crippen molar-refractivity contribution >= 4 is 17.6 Å². The van der Waals surface area contributed by atoms with Gasteiger partial charge in [0.25, 0.3) is 5.91 Å². The van der Waals surface area contributed by atoms with Crippen molar-refractivity contribution < 1.29 is 18.7 Å². The maximum Gasteiger partial charge on any atom is 0.259 e. The Balaban J connectivity index is 1.35. The van der Waals surface area contributed by atoms with Crippen LogP contribution in [0.2, 0.25) is 0 Å². The van der Waals surface area contributed by atoms with Gasteiger partial charge in [0.1, 0.15) is 23.2 Å². The van der Waals surface area contributed by atoms with Gasteiger partial charge in [0.05, 0.1) is 18.6 Å². The third kappa shape index (κ3) is 4.53. The van der Waals surface area contributed by atoms with Crippen LogP contribution in [-0.2, 0) is 28.9 Å². The van der Waals surface area contributed by atoms with Gasteiger partial charge < -0.3 is 19.5 Å². The van der Waals surface area contributed by atoms with Crippen LogP contribution in [-0.4, -0.2) is 56.7 Å². The molecule has 9 nitrogen and oxygen atoms in total. The third-order valence-corrected chi connectivity index (χ3v) is 6.63. The molecular formula is C25H27FN6O3. The lowest BCUT2D eigenvalue weighted by molar-refractivity contribution is -0.133. The summed E-state index contributed by atoms with van der Waals surface area (Å²) in [6.45, 7) is 3.31. The van der Waals surface area contributed by atoms with Crippen molar-refractivity contribution in [1.82, 2.24) is 24.6 Å². The number of halogens is 1. The molecule has 4 heterocycles. The second kappa shape index (κ2) is 9.53. The molecule has 0 aliphatic carbocycles. The van der Waals surface area contributed by atoms with E-state index in [9.17, 15) is 14.0 Å². The van der Waals surface area contributed by atoms with Crippen LogP contribution in [0.5, 0.6) is 0 Å². The lowest BCUT2D eigenvalue weighted by Gasteiger charge is -2.29. The van der Waals surface area contributed by atoms with Gasteiger partial charge in [0.2, 0.25) is 5.91 Å². The summed E-state index contributed by atoms with van der Waals surface area (Å²) in [7, 11) is 1.55. The highest BCUT2D eigenvalue weighted by atomic mass is 19.1. The monoisotopic (exact) mass is 478 g/mol. The van der Waals surface area contributed by atoms with Gasteiger partial charge in [0, 0.05) is 32.7 Å². The van der Waals surface area contributed by atoms with E-state index in [2.05, 4.69) is 32.0 Å². The molecule has 0 radical (unpaired) electrons. The molecule has 0 unspecified atom stereocenters. The van der Waals surface area contributed by atoms with E-state index in [1.54, 1.807) is 24.1 Å². The minimum Gasteiger partial charge on any atom is -0.384 e. The Morgan fingerprint density at radius 2 is 2.06 bits per heavy atom. The summed E-state index contributed by atoms with van der Waals surface area (Å²) in [4.78, 5) is 31.6. The maximum atomic E-state index is 14.8. The van der Waals surface area contributed by atoms with Crippen LogP contribution in [0.3, 0.4) is 0 Å². The largest absolute Gasteiger partial charge is 0.384 e. The molecule has 0 saturated heterocycles. The fourth-order valence-corrected chi connectivity index (χ4v) is 4.73. The van der Waals surface area contributed by atoms with Gasteiger partial charge >= 0.3 is 0 Å². The number of amides is 2. The molecule has 0 saturated carbocycles. The van der Waals surface area contributed by atoms with Crippen molar-refractivity contribution in [2.75, 3.05) is 25.6 Å². The summed E-state index contributed by atoms with van der Waals surface area (Å²) in [6.07, 6.45) is 2.70. The molecule has 3 aromatic rings. The number of methoxy groups -OCH3 is 1. The van der Waals surface area contributed by atoms with E-state index in [0.717, 1.165) is 29.8 Å². The molecule has 1 aromatic carbocycles. The molecule has 0 spiro atoms. The Bertz CT molecular complexity index is 1290. The Morgan fingerprint density at radius 1 is 1.20 bits per heavy atom. The van der Waals surface area contributed by atoms with Gasteiger partial charge in [-0.05, 0) is 55.2 Å². The number of nitrogens with zero attached hydrogens (tertiary/aromatic N) is 5. The van der Waals surface area contributed by atoms with Gasteiger partial charge in [-0.1, -0.05) is 6.07 Å². The minimum absolute atomic E-state index is 0.0249. The molecule has 182 valence electrons. The van der Waals surface area contributed by atoms with E-state index in [1.807, 2.05) is 6.07 Å². The number of aromatic nitrogens is 4. The minimum atomic E-state index is -0.599. The van der Waals surface area contributed by atoms with Crippen LogP contribution >= 0.6 is 0 Å². The average molecular weight is 479 g/mol. The lowest BCUT2D eigenvalue weighted by atomic mass is 9.96. The van der Waals surface area contributed by atoms with Crippen LogP contribution in [0.15, 0.2) is 30.3 Å². The summed E-state index contributed by atoms with van der Waals surface area (Å²) in [5.41, 5.74) is 2.08. The van der Waals surface area contributed by atoms with E-state index >= 15 is 0 Å². The van der Waals surface area contributed by atoms with E-state index < -0.39 is 11.7 Å². The highest BCUT2D eigenvalue weighted by Crippen LogP contribution is 2.30. The molecule has 2 aliphatic heterocycles. The number of pyridine rings is 1. The van der Waals surface area contributed by atoms with Crippen LogP contribution in [0.25, 0.3) is 11.5 Å². The fourth-order valence-electron chi connectivity index (χ4n) is 4.73. The number of carbonyl (C=O) groups is 2. The number of benzene rings is 1. The molecule has 0 fully saturated rings. The predicted molar refractivity (Wildman–Crippen MR) is 126 cm³/mol. The zero-order valence-corrected chi connectivity index (χ0v) is 19.8. The number of aryl methyl sites for hydroxylation is 1. The molecule has 2 amide bonds. The Labute approximate surface area is 202 Å². The molecule has 10 heteroatoms. The molecule has 35 heavy (non-hydrogen) atoms. The maximum absolute atomic E-state index is 14.8. The van der Waals surface area contributed by atoms with Crippen molar-refractivity contribution in [3.8, 4) is 11.5 Å². The van der Waals surface area contributed by atoms with Crippen molar-refractivity contribution in [2.45, 2.75) is 45.2 Å². The van der Waals surface area contributed by atoms with Crippen molar-refractivity contribution in [3.05, 3.63) is 58.7 Å². The van der Waals surface area contributed by atoms with Crippen LogP contribution in [0.4, 0.5) is 10.2 Å². The normalized spacial score (nSPS) is 16.7. The van der Waals surface area contributed by atoms with E-state index in [4.69, 9.17) is 4.74 Å². The first-order valence-corrected chi connectivity index (χ1v) is 11.7. The SMILES string of the molecule is COCCC(=O)N1CCc2cc(F)c(C(=O)Nc3cccc(-c4nnc5n4[C@H](C)CC5)n3)cc2C1. The molecule has 2 aliphatic rings. The second-order valence-electron chi connectivity index (χ2n) is 8.97. The Hall–Kier alpha value is -3.66. The Kier molecular flexibility index (Phi) is 6.29. The summed E-state index contributed by atoms with van der Waals surface area (Å²) in [5, 5.41) is 11.2. The quantitative estimate of drug-likeness (QED) is 0.584. The number of ether oxygens (including phenoxy) is 1. The van der Waals surface area contributed by atoms with Gasteiger partial charge in [-0.25, -0.2) is 9.37 Å². The van der Waals surface area contributed by atoms with E-state index in [0.29, 0.717) is 43.5 Å². The highest BCUT2D eigenvalue weighted by molar-refractivity contribution is 6.04. The number of carbonyl (C=O) groups excluding carboxylic acids is 2. The predicted octanol–water partition coefficient (Wildman–Crippen LogP) is 3.16. The summed E-state index contributed by atoms with van der Waals surface area (Å²) in [6, 6.07) is 8.44. The third-order valence-electron chi connectivity index (χ3n) is 6.63. The molecule has 0 bridgehead atoms. The van der Waals surface area contributed by atoms with E-state index in [-0.39, 0.29) is 23.9 Å². The smallest absolute Gasteiger partial charge is 0.259 e. The molecular weight excluding hydrogens is 451 g/mol. The zero-order chi connectivity index (χ0) is 24.5. The van der Waals surface area contributed by atoms with Crippen molar-refractivity contribution in [2.24, 2.45) is 0 Å². The molecule has 5 rings (SSSR count). The fraction of sp³-hybridized carbons (Fsp3) is 0.400. The van der Waals surface area contributed by atoms with Crippen molar-refractivity contribution in [1.29, 1.82) is 0 Å². The molecule has 1 atom stereocenters. The molecule has 1 N–H and O–H groups in total. The van der Waals surface area contributed by atoms with Crippen LogP contribution in [0, 0.1) is 5.82 Å². The first-order chi connectivity index (χ1) is 16.9. The lowest BCUT2D eigenvalue weighted by Crippen LogP contribution is -2.36. The number of nitrogens with one attached hydrogen (secondary N) is 1. The van der Waals surface area contributed by atoms with Crippen LogP contribution in [0.1, 0.15) is 53.1 Å². The average Bonchev–Trinajstić information content (AvgIpc) is 3.45. The number of fused-ring (bicyclic) bond motifs is 2. The number of rotatable bonds is 6. The second-order valence-corrected chi connectivity index (χ2v) is 8.97. The number of hydrogen-bond acceptors (Lipinski definition) is 6. The van der Waals surface area contributed by atoms with Gasteiger partial charge in [0.15, 0.2) is 5.82 Å². The van der Waals surface area contributed by atoms with E-state index in [1.165, 1.54) is 12.1 Å². The van der Waals surface area contributed by atoms with Crippen LogP contribution < -0.4 is 5.32 Å². The van der Waals surface area contributed by atoms with Gasteiger partial charge in [-0.2, -0.15) is 0 Å². The number of anilines is 1. The summed E-state index contributed by atoms with van der Waals surface area (Å²) in [5.74, 6) is 0.652. The van der Waals surface area contributed by atoms with Gasteiger partial charge in [-0.15, -0.1) is 10.2 Å². The molecule has 2 aromatic heterocycles. The zero-order valence-electron chi connectivity index (χ0n) is 19.8. The topological polar surface area (TPSA) is 102 Å². The summed E-state index contributed by atoms with van der Waals surface area (Å²) >= 11 is 0. The first-order valence-electron chi connectivity index (χ1n) is 11.7. The Morgan fingerprint density at radius 3 is 2.89 bits per heavy atom. The summed E-state index contributed by atoms with van der Waals surface area (Å²) < 4.78 is 21.9. The standard InChI is InChI=1S/C25H27FN6O3/c1-15-6-7-22-29-30-24(32(15)22)20-4-3-5-21(27-20)28-25(34)18-12-17-14-31(23(33)9-11-35-2)10-8-16(17)13-19(18)26/h3-5,12-13,15H,6-11,14H2,1-2H3,(H,27,28,34)/t15-/m1/s1. The van der Waals surface area contributed by atoms with Crippen molar-refractivity contribution in [3.63, 3.8) is 0 Å². The first kappa shape index (κ1) is 23.1. The van der Waals surface area contributed by atoms with Gasteiger partial charge in [-0.3, -0.25) is 9.59 Å².